The van der Waals surface area contributed by atoms with Crippen LogP contribution in [0.4, 0.5) is 0 Å². The van der Waals surface area contributed by atoms with E-state index in [0.717, 1.165) is 19.0 Å². The molecular weight excluding hydrogens is 278 g/mol. The Hall–Kier alpha value is -0.810. The molecule has 1 N–H and O–H groups in total. The molecule has 0 aliphatic carbocycles. The molecule has 0 aromatic heterocycles. The molecule has 3 atom stereocenters. The number of hydrogen-bond donors (Lipinski definition) is 1. The molecule has 112 valence electrons. The predicted molar refractivity (Wildman–Crippen MR) is 79.4 cm³/mol. The normalized spacial score (nSPS) is 25.4. The molecule has 1 saturated heterocycles. The predicted octanol–water partition coefficient (Wildman–Crippen LogP) is 2.19. The smallest absolute Gasteiger partial charge is 0.119 e. The van der Waals surface area contributed by atoms with Gasteiger partial charge < -0.3 is 14.6 Å². The summed E-state index contributed by atoms with van der Waals surface area (Å²) >= 11 is 5.81. The number of hydrogen-bond acceptors (Lipinski definition) is 4. The Kier molecular flexibility index (Phi) is 5.66. The van der Waals surface area contributed by atoms with Crippen LogP contribution in [0.1, 0.15) is 13.8 Å². The Labute approximate surface area is 125 Å². The van der Waals surface area contributed by atoms with Gasteiger partial charge in [0.2, 0.25) is 0 Å². The van der Waals surface area contributed by atoms with E-state index in [1.165, 1.54) is 0 Å². The highest BCUT2D eigenvalue weighted by Gasteiger charge is 2.27. The third kappa shape index (κ3) is 4.35. The quantitative estimate of drug-likeness (QED) is 0.905. The molecule has 5 heteroatoms. The van der Waals surface area contributed by atoms with E-state index in [1.54, 1.807) is 24.3 Å². The highest BCUT2D eigenvalue weighted by Crippen LogP contribution is 2.17. The van der Waals surface area contributed by atoms with Gasteiger partial charge in [-0.15, -0.1) is 0 Å². The summed E-state index contributed by atoms with van der Waals surface area (Å²) in [6.07, 6.45) is -0.520. The molecule has 1 aromatic rings. The molecule has 1 aliphatic rings. The number of halogens is 1. The van der Waals surface area contributed by atoms with Gasteiger partial charge in [-0.3, -0.25) is 4.90 Å². The molecule has 1 fully saturated rings. The first-order chi connectivity index (χ1) is 9.56. The lowest BCUT2D eigenvalue weighted by Gasteiger charge is -2.39. The minimum absolute atomic E-state index is 0.276. The van der Waals surface area contributed by atoms with Crippen LogP contribution in [-0.4, -0.2) is 54.6 Å². The molecule has 0 amide bonds. The van der Waals surface area contributed by atoms with Crippen LogP contribution in [0, 0.1) is 0 Å². The lowest BCUT2D eigenvalue weighted by molar-refractivity contribution is -0.0579. The van der Waals surface area contributed by atoms with Gasteiger partial charge in [0, 0.05) is 23.7 Å². The molecule has 1 heterocycles. The van der Waals surface area contributed by atoms with Crippen molar-refractivity contribution in [1.29, 1.82) is 0 Å². The third-order valence-electron chi connectivity index (χ3n) is 3.53. The molecule has 2 rings (SSSR count). The summed E-state index contributed by atoms with van der Waals surface area (Å²) in [7, 11) is 0. The van der Waals surface area contributed by atoms with E-state index in [9.17, 15) is 5.11 Å². The van der Waals surface area contributed by atoms with Crippen LogP contribution in [0.25, 0.3) is 0 Å². The number of ether oxygens (including phenoxy) is 2. The lowest BCUT2D eigenvalue weighted by atomic mass is 10.1. The van der Waals surface area contributed by atoms with E-state index in [2.05, 4.69) is 18.7 Å². The van der Waals surface area contributed by atoms with Gasteiger partial charge in [-0.25, -0.2) is 0 Å². The molecule has 3 unspecified atom stereocenters. The molecule has 1 aliphatic heterocycles. The van der Waals surface area contributed by atoms with Gasteiger partial charge in [0.25, 0.3) is 0 Å². The lowest BCUT2D eigenvalue weighted by Crippen LogP contribution is -2.52. The van der Waals surface area contributed by atoms with Crippen molar-refractivity contribution in [3.63, 3.8) is 0 Å². The van der Waals surface area contributed by atoms with Gasteiger partial charge >= 0.3 is 0 Å². The van der Waals surface area contributed by atoms with Crippen LogP contribution in [0.5, 0.6) is 5.75 Å². The van der Waals surface area contributed by atoms with Gasteiger partial charge in [-0.1, -0.05) is 11.6 Å². The van der Waals surface area contributed by atoms with Crippen LogP contribution >= 0.6 is 11.6 Å². The van der Waals surface area contributed by atoms with Crippen molar-refractivity contribution in [2.24, 2.45) is 0 Å². The van der Waals surface area contributed by atoms with E-state index in [0.29, 0.717) is 23.7 Å². The molecule has 0 saturated carbocycles. The summed E-state index contributed by atoms with van der Waals surface area (Å²) in [5.74, 6) is 0.719. The SMILES string of the molecule is CC1COCC(C)N1CC(O)COc1ccc(Cl)cc1. The topological polar surface area (TPSA) is 41.9 Å². The van der Waals surface area contributed by atoms with E-state index >= 15 is 0 Å². The van der Waals surface area contributed by atoms with Crippen molar-refractivity contribution < 1.29 is 14.6 Å². The Balaban J connectivity index is 1.79. The number of aliphatic hydroxyl groups excluding tert-OH is 1. The molecule has 0 spiro atoms. The standard InChI is InChI=1S/C15H22ClNO3/c1-11-8-19-9-12(2)17(11)7-14(18)10-20-15-5-3-13(16)4-6-15/h3-6,11-12,14,18H,7-10H2,1-2H3. The van der Waals surface area contributed by atoms with E-state index in [4.69, 9.17) is 21.1 Å². The second kappa shape index (κ2) is 7.27. The van der Waals surface area contributed by atoms with E-state index in [1.807, 2.05) is 0 Å². The monoisotopic (exact) mass is 299 g/mol. The first-order valence-corrected chi connectivity index (χ1v) is 7.34. The Morgan fingerprint density at radius 2 is 1.90 bits per heavy atom. The second-order valence-corrected chi connectivity index (χ2v) is 5.79. The summed E-state index contributed by atoms with van der Waals surface area (Å²) in [6.45, 7) is 6.53. The minimum Gasteiger partial charge on any atom is -0.491 e. The fourth-order valence-electron chi connectivity index (χ4n) is 2.41. The number of β-amino-alcohol motifs (C(OH)–C–C–N with tert-alkyl or cyclic N) is 1. The van der Waals surface area contributed by atoms with Gasteiger partial charge in [-0.05, 0) is 38.1 Å². The van der Waals surface area contributed by atoms with Crippen molar-refractivity contribution in [2.75, 3.05) is 26.4 Å². The summed E-state index contributed by atoms with van der Waals surface area (Å²) < 4.78 is 11.0. The zero-order valence-electron chi connectivity index (χ0n) is 12.0. The first-order valence-electron chi connectivity index (χ1n) is 6.96. The average molecular weight is 300 g/mol. The summed E-state index contributed by atoms with van der Waals surface area (Å²) in [4.78, 5) is 2.26. The Morgan fingerprint density at radius 1 is 1.30 bits per heavy atom. The van der Waals surface area contributed by atoms with Crippen LogP contribution in [0.3, 0.4) is 0 Å². The summed E-state index contributed by atoms with van der Waals surface area (Å²) in [5, 5.41) is 10.8. The molecule has 0 bridgehead atoms. The highest BCUT2D eigenvalue weighted by molar-refractivity contribution is 6.30. The van der Waals surface area contributed by atoms with E-state index in [-0.39, 0.29) is 6.61 Å². The maximum Gasteiger partial charge on any atom is 0.119 e. The molecule has 1 aromatic carbocycles. The van der Waals surface area contributed by atoms with Gasteiger partial charge in [0.05, 0.1) is 13.2 Å². The second-order valence-electron chi connectivity index (χ2n) is 5.35. The van der Waals surface area contributed by atoms with Gasteiger partial charge in [0.15, 0.2) is 0 Å². The molecule has 4 nitrogen and oxygen atoms in total. The number of benzene rings is 1. The Morgan fingerprint density at radius 3 is 2.50 bits per heavy atom. The fourth-order valence-corrected chi connectivity index (χ4v) is 2.54. The van der Waals surface area contributed by atoms with E-state index < -0.39 is 6.10 Å². The van der Waals surface area contributed by atoms with Crippen molar-refractivity contribution in [3.05, 3.63) is 29.3 Å². The number of nitrogens with zero attached hydrogens (tertiary/aromatic N) is 1. The zero-order valence-corrected chi connectivity index (χ0v) is 12.7. The molecular formula is C15H22ClNO3. The van der Waals surface area contributed by atoms with Crippen LogP contribution in [0.2, 0.25) is 5.02 Å². The first kappa shape index (κ1) is 15.6. The highest BCUT2D eigenvalue weighted by atomic mass is 35.5. The summed E-state index contributed by atoms with van der Waals surface area (Å²) in [6, 6.07) is 7.79. The van der Waals surface area contributed by atoms with Crippen molar-refractivity contribution in [1.82, 2.24) is 4.90 Å². The van der Waals surface area contributed by atoms with Crippen molar-refractivity contribution in [2.45, 2.75) is 32.0 Å². The maximum absolute atomic E-state index is 10.1. The maximum atomic E-state index is 10.1. The number of rotatable bonds is 5. The van der Waals surface area contributed by atoms with Crippen LogP contribution in [-0.2, 0) is 4.74 Å². The zero-order chi connectivity index (χ0) is 14.5. The van der Waals surface area contributed by atoms with Crippen molar-refractivity contribution >= 4 is 11.6 Å². The van der Waals surface area contributed by atoms with Crippen molar-refractivity contribution in [3.8, 4) is 5.75 Å². The largest absolute Gasteiger partial charge is 0.491 e. The average Bonchev–Trinajstić information content (AvgIpc) is 2.42. The van der Waals surface area contributed by atoms with Gasteiger partial charge in [-0.2, -0.15) is 0 Å². The molecule has 20 heavy (non-hydrogen) atoms. The number of morpholine rings is 1. The van der Waals surface area contributed by atoms with Crippen LogP contribution < -0.4 is 4.74 Å². The molecule has 0 radical (unpaired) electrons. The fraction of sp³-hybridized carbons (Fsp3) is 0.600. The van der Waals surface area contributed by atoms with Crippen LogP contribution in [0.15, 0.2) is 24.3 Å². The number of aliphatic hydroxyl groups is 1. The van der Waals surface area contributed by atoms with Gasteiger partial charge in [0.1, 0.15) is 18.5 Å². The minimum atomic E-state index is -0.520. The summed E-state index contributed by atoms with van der Waals surface area (Å²) in [5.41, 5.74) is 0. The third-order valence-corrected chi connectivity index (χ3v) is 3.78. The Bertz CT molecular complexity index is 402.